The van der Waals surface area contributed by atoms with Gasteiger partial charge < -0.3 is 0 Å². The average molecular weight is 280 g/mol. The molecule has 0 aliphatic carbocycles. The van der Waals surface area contributed by atoms with Crippen LogP contribution in [0.1, 0.15) is 18.3 Å². The lowest BCUT2D eigenvalue weighted by Gasteiger charge is -2.15. The van der Waals surface area contributed by atoms with Crippen molar-refractivity contribution < 1.29 is 8.42 Å². The fourth-order valence-corrected chi connectivity index (χ4v) is 2.81. The van der Waals surface area contributed by atoms with Gasteiger partial charge in [-0.15, -0.1) is 0 Å². The maximum atomic E-state index is 12.3. The number of hydrogen-bond acceptors (Lipinski definition) is 4. The summed E-state index contributed by atoms with van der Waals surface area (Å²) in [4.78, 5) is 4.20. The van der Waals surface area contributed by atoms with Gasteiger partial charge in [0.15, 0.2) is 0 Å². The number of rotatable bonds is 5. The summed E-state index contributed by atoms with van der Waals surface area (Å²) < 4.78 is 25.9. The SMILES string of the molecule is CCc1ccc(S(=O)(=O)N(C)Cc2ncn[nH]2)cc1. The molecular formula is C12H16N4O2S. The van der Waals surface area contributed by atoms with Crippen LogP contribution in [0.2, 0.25) is 0 Å². The second-order valence-electron chi connectivity index (χ2n) is 4.19. The van der Waals surface area contributed by atoms with E-state index in [9.17, 15) is 8.42 Å². The van der Waals surface area contributed by atoms with Gasteiger partial charge in [0.25, 0.3) is 0 Å². The molecule has 0 aliphatic heterocycles. The summed E-state index contributed by atoms with van der Waals surface area (Å²) in [5.74, 6) is 0.510. The van der Waals surface area contributed by atoms with E-state index in [4.69, 9.17) is 0 Å². The van der Waals surface area contributed by atoms with Crippen molar-refractivity contribution in [1.82, 2.24) is 19.5 Å². The molecule has 0 saturated carbocycles. The highest BCUT2D eigenvalue weighted by atomic mass is 32.2. The Hall–Kier alpha value is -1.73. The van der Waals surface area contributed by atoms with Crippen LogP contribution in [0.25, 0.3) is 0 Å². The van der Waals surface area contributed by atoms with E-state index in [1.807, 2.05) is 19.1 Å². The summed E-state index contributed by atoms with van der Waals surface area (Å²) in [6.45, 7) is 2.19. The van der Waals surface area contributed by atoms with E-state index in [0.29, 0.717) is 5.82 Å². The van der Waals surface area contributed by atoms with Crippen LogP contribution in [0.3, 0.4) is 0 Å². The Morgan fingerprint density at radius 3 is 2.47 bits per heavy atom. The molecule has 0 fully saturated rings. The maximum Gasteiger partial charge on any atom is 0.243 e. The van der Waals surface area contributed by atoms with Crippen LogP contribution >= 0.6 is 0 Å². The van der Waals surface area contributed by atoms with E-state index in [1.54, 1.807) is 12.1 Å². The first-order chi connectivity index (χ1) is 9.04. The Bertz CT molecular complexity index is 620. The van der Waals surface area contributed by atoms with Crippen LogP contribution in [0.4, 0.5) is 0 Å². The minimum atomic E-state index is -3.49. The Morgan fingerprint density at radius 2 is 1.95 bits per heavy atom. The summed E-state index contributed by atoms with van der Waals surface area (Å²) in [7, 11) is -1.98. The van der Waals surface area contributed by atoms with Crippen LogP contribution < -0.4 is 0 Å². The van der Waals surface area contributed by atoms with Crippen molar-refractivity contribution in [2.75, 3.05) is 7.05 Å². The van der Waals surface area contributed by atoms with Crippen molar-refractivity contribution >= 4 is 10.0 Å². The molecule has 0 saturated heterocycles. The molecule has 19 heavy (non-hydrogen) atoms. The minimum absolute atomic E-state index is 0.165. The first-order valence-electron chi connectivity index (χ1n) is 5.93. The van der Waals surface area contributed by atoms with E-state index in [1.165, 1.54) is 17.7 Å². The van der Waals surface area contributed by atoms with E-state index in [0.717, 1.165) is 12.0 Å². The zero-order valence-corrected chi connectivity index (χ0v) is 11.7. The summed E-state index contributed by atoms with van der Waals surface area (Å²) >= 11 is 0. The number of aryl methyl sites for hydroxylation is 1. The molecule has 1 aromatic carbocycles. The van der Waals surface area contributed by atoms with E-state index in [-0.39, 0.29) is 11.4 Å². The van der Waals surface area contributed by atoms with Gasteiger partial charge in [-0.3, -0.25) is 5.10 Å². The van der Waals surface area contributed by atoms with Crippen molar-refractivity contribution in [3.63, 3.8) is 0 Å². The normalized spacial score (nSPS) is 11.9. The second kappa shape index (κ2) is 5.50. The molecule has 102 valence electrons. The molecule has 0 amide bonds. The lowest BCUT2D eigenvalue weighted by Crippen LogP contribution is -2.27. The Morgan fingerprint density at radius 1 is 1.26 bits per heavy atom. The minimum Gasteiger partial charge on any atom is -0.262 e. The number of aromatic amines is 1. The van der Waals surface area contributed by atoms with Crippen molar-refractivity contribution in [1.29, 1.82) is 0 Å². The monoisotopic (exact) mass is 280 g/mol. The van der Waals surface area contributed by atoms with Gasteiger partial charge in [0, 0.05) is 7.05 Å². The van der Waals surface area contributed by atoms with E-state index in [2.05, 4.69) is 15.2 Å². The first-order valence-corrected chi connectivity index (χ1v) is 7.37. The standard InChI is InChI=1S/C12H16N4O2S/c1-3-10-4-6-11(7-5-10)19(17,18)16(2)8-12-13-9-14-15-12/h4-7,9H,3,8H2,1-2H3,(H,13,14,15). The van der Waals surface area contributed by atoms with Gasteiger partial charge in [-0.1, -0.05) is 19.1 Å². The van der Waals surface area contributed by atoms with Gasteiger partial charge in [-0.25, -0.2) is 13.4 Å². The Labute approximate surface area is 112 Å². The van der Waals surface area contributed by atoms with Gasteiger partial charge in [-0.2, -0.15) is 9.40 Å². The van der Waals surface area contributed by atoms with Gasteiger partial charge in [0.1, 0.15) is 12.2 Å². The van der Waals surface area contributed by atoms with Gasteiger partial charge in [-0.05, 0) is 24.1 Å². The third kappa shape index (κ3) is 2.99. The molecule has 0 unspecified atom stereocenters. The summed E-state index contributed by atoms with van der Waals surface area (Å²) in [6.07, 6.45) is 2.24. The predicted octanol–water partition coefficient (Wildman–Crippen LogP) is 1.19. The number of nitrogens with one attached hydrogen (secondary N) is 1. The third-order valence-corrected chi connectivity index (χ3v) is 4.69. The number of H-pyrrole nitrogens is 1. The molecule has 0 radical (unpaired) electrons. The highest BCUT2D eigenvalue weighted by Crippen LogP contribution is 2.16. The molecule has 6 nitrogen and oxygen atoms in total. The number of benzene rings is 1. The highest BCUT2D eigenvalue weighted by Gasteiger charge is 2.21. The molecule has 0 aliphatic rings. The number of sulfonamides is 1. The van der Waals surface area contributed by atoms with Crippen LogP contribution in [-0.2, 0) is 23.0 Å². The Balaban J connectivity index is 2.20. The molecule has 0 spiro atoms. The largest absolute Gasteiger partial charge is 0.262 e. The fourth-order valence-electron chi connectivity index (χ4n) is 1.68. The van der Waals surface area contributed by atoms with Crippen LogP contribution in [0.5, 0.6) is 0 Å². The van der Waals surface area contributed by atoms with E-state index >= 15 is 0 Å². The van der Waals surface area contributed by atoms with Gasteiger partial charge >= 0.3 is 0 Å². The summed E-state index contributed by atoms with van der Waals surface area (Å²) in [5, 5.41) is 6.34. The van der Waals surface area contributed by atoms with Crippen LogP contribution in [0, 0.1) is 0 Å². The zero-order valence-electron chi connectivity index (χ0n) is 10.9. The smallest absolute Gasteiger partial charge is 0.243 e. The summed E-state index contributed by atoms with van der Waals surface area (Å²) in [6, 6.07) is 6.92. The molecular weight excluding hydrogens is 264 g/mol. The number of nitrogens with zero attached hydrogens (tertiary/aromatic N) is 3. The molecule has 0 bridgehead atoms. The molecule has 0 atom stereocenters. The average Bonchev–Trinajstić information content (AvgIpc) is 2.91. The predicted molar refractivity (Wildman–Crippen MR) is 70.9 cm³/mol. The maximum absolute atomic E-state index is 12.3. The molecule has 2 rings (SSSR count). The van der Waals surface area contributed by atoms with Crippen molar-refractivity contribution in [3.05, 3.63) is 42.0 Å². The van der Waals surface area contributed by atoms with Crippen LogP contribution in [-0.4, -0.2) is 35.0 Å². The van der Waals surface area contributed by atoms with Crippen molar-refractivity contribution in [2.45, 2.75) is 24.8 Å². The first kappa shape index (κ1) is 13.7. The number of hydrogen-bond donors (Lipinski definition) is 1. The van der Waals surface area contributed by atoms with Crippen molar-refractivity contribution in [3.8, 4) is 0 Å². The number of aromatic nitrogens is 3. The Kier molecular flexibility index (Phi) is 3.96. The molecule has 2 aromatic rings. The molecule has 7 heteroatoms. The lowest BCUT2D eigenvalue weighted by molar-refractivity contribution is 0.457. The van der Waals surface area contributed by atoms with Gasteiger partial charge in [0.05, 0.1) is 11.4 Å². The quantitative estimate of drug-likeness (QED) is 0.892. The fraction of sp³-hybridized carbons (Fsp3) is 0.333. The van der Waals surface area contributed by atoms with Crippen molar-refractivity contribution in [2.24, 2.45) is 0 Å². The summed E-state index contributed by atoms with van der Waals surface area (Å²) in [5.41, 5.74) is 1.11. The van der Waals surface area contributed by atoms with E-state index < -0.39 is 10.0 Å². The molecule has 1 aromatic heterocycles. The highest BCUT2D eigenvalue weighted by molar-refractivity contribution is 7.89. The topological polar surface area (TPSA) is 79.0 Å². The molecule has 1 N–H and O–H groups in total. The molecule has 1 heterocycles. The van der Waals surface area contributed by atoms with Gasteiger partial charge in [0.2, 0.25) is 10.0 Å². The second-order valence-corrected chi connectivity index (χ2v) is 6.24. The van der Waals surface area contributed by atoms with Crippen LogP contribution in [0.15, 0.2) is 35.5 Å². The lowest BCUT2D eigenvalue weighted by atomic mass is 10.2. The third-order valence-electron chi connectivity index (χ3n) is 2.88. The zero-order chi connectivity index (χ0) is 13.9.